The van der Waals surface area contributed by atoms with Gasteiger partial charge in [-0.05, 0) is 18.6 Å². The molecule has 2 fully saturated rings. The maximum Gasteiger partial charge on any atom is 0.256 e. The Morgan fingerprint density at radius 2 is 1.89 bits per heavy atom. The van der Waals surface area contributed by atoms with Gasteiger partial charge in [-0.3, -0.25) is 10.2 Å². The molecule has 0 radical (unpaired) electrons. The third-order valence-electron chi connectivity index (χ3n) is 6.17. The summed E-state index contributed by atoms with van der Waals surface area (Å²) in [7, 11) is 1.96. The quantitative estimate of drug-likeness (QED) is 0.721. The topological polar surface area (TPSA) is 49.3 Å². The molecule has 1 amide bonds. The lowest BCUT2D eigenvalue weighted by atomic mass is 9.84. The van der Waals surface area contributed by atoms with E-state index in [0.717, 1.165) is 22.9 Å². The number of aryl methyl sites for hydroxylation is 1. The van der Waals surface area contributed by atoms with E-state index in [1.165, 1.54) is 6.07 Å². The van der Waals surface area contributed by atoms with Crippen LogP contribution in [-0.2, 0) is 7.05 Å². The second-order valence-electron chi connectivity index (χ2n) is 7.77. The average molecular weight is 378 g/mol. The highest BCUT2D eigenvalue weighted by Gasteiger charge is 2.42. The SMILES string of the molecule is Cn1cc(C(=O)N2CCC3NNC(c4ccccc4F)C3C2)c2ccccc21. The number of para-hydroxylation sites is 1. The van der Waals surface area contributed by atoms with E-state index < -0.39 is 0 Å². The molecule has 2 aliphatic heterocycles. The molecule has 144 valence electrons. The molecule has 2 aromatic carbocycles. The van der Waals surface area contributed by atoms with E-state index in [-0.39, 0.29) is 29.7 Å². The van der Waals surface area contributed by atoms with Crippen LogP contribution in [0.3, 0.4) is 0 Å². The highest BCUT2D eigenvalue weighted by Crippen LogP contribution is 2.35. The number of nitrogens with zero attached hydrogens (tertiary/aromatic N) is 2. The van der Waals surface area contributed by atoms with Crippen LogP contribution >= 0.6 is 0 Å². The molecular formula is C22H23FN4O. The summed E-state index contributed by atoms with van der Waals surface area (Å²) in [6.07, 6.45) is 2.76. The molecule has 2 N–H and O–H groups in total. The summed E-state index contributed by atoms with van der Waals surface area (Å²) in [6.45, 7) is 1.30. The molecule has 2 aliphatic rings. The number of fused-ring (bicyclic) bond motifs is 2. The number of rotatable bonds is 2. The Bertz CT molecular complexity index is 1050. The van der Waals surface area contributed by atoms with Crippen molar-refractivity contribution in [2.45, 2.75) is 18.5 Å². The van der Waals surface area contributed by atoms with Crippen LogP contribution in [0.1, 0.15) is 28.4 Å². The number of benzene rings is 2. The van der Waals surface area contributed by atoms with E-state index in [1.54, 1.807) is 6.07 Å². The Morgan fingerprint density at radius 3 is 2.75 bits per heavy atom. The first-order chi connectivity index (χ1) is 13.6. The van der Waals surface area contributed by atoms with Crippen molar-refractivity contribution in [1.29, 1.82) is 0 Å². The van der Waals surface area contributed by atoms with Crippen LogP contribution in [0.5, 0.6) is 0 Å². The van der Waals surface area contributed by atoms with Gasteiger partial charge in [-0.25, -0.2) is 9.82 Å². The van der Waals surface area contributed by atoms with Gasteiger partial charge >= 0.3 is 0 Å². The standard InChI is InChI=1S/C22H23FN4O/c1-26-12-16(14-6-3-5-9-20(14)26)22(28)27-11-10-19-17(13-27)21(25-24-19)15-7-2-4-8-18(15)23/h2-9,12,17,19,21,24-25H,10-11,13H2,1H3. The largest absolute Gasteiger partial charge is 0.350 e. The van der Waals surface area contributed by atoms with Crippen LogP contribution in [0.2, 0.25) is 0 Å². The summed E-state index contributed by atoms with van der Waals surface area (Å²) in [4.78, 5) is 15.2. The highest BCUT2D eigenvalue weighted by molar-refractivity contribution is 6.07. The Labute approximate surface area is 163 Å². The second-order valence-corrected chi connectivity index (χ2v) is 7.77. The van der Waals surface area contributed by atoms with Crippen LogP contribution in [0.15, 0.2) is 54.7 Å². The van der Waals surface area contributed by atoms with E-state index in [4.69, 9.17) is 0 Å². The smallest absolute Gasteiger partial charge is 0.256 e. The van der Waals surface area contributed by atoms with Gasteiger partial charge in [-0.2, -0.15) is 0 Å². The molecular weight excluding hydrogens is 355 g/mol. The third kappa shape index (κ3) is 2.72. The van der Waals surface area contributed by atoms with E-state index in [2.05, 4.69) is 10.9 Å². The zero-order valence-electron chi connectivity index (χ0n) is 15.7. The summed E-state index contributed by atoms with van der Waals surface area (Å²) in [5, 5.41) is 0.977. The van der Waals surface area contributed by atoms with E-state index in [9.17, 15) is 9.18 Å². The maximum atomic E-state index is 14.3. The van der Waals surface area contributed by atoms with Gasteiger partial charge in [0.1, 0.15) is 5.82 Å². The van der Waals surface area contributed by atoms with Gasteiger partial charge < -0.3 is 9.47 Å². The molecule has 0 bridgehead atoms. The second kappa shape index (κ2) is 6.72. The fraction of sp³-hybridized carbons (Fsp3) is 0.318. The Hall–Kier alpha value is -2.70. The number of carbonyl (C=O) groups excluding carboxylic acids is 1. The summed E-state index contributed by atoms with van der Waals surface area (Å²) >= 11 is 0. The first kappa shape index (κ1) is 17.4. The number of nitrogens with one attached hydrogen (secondary N) is 2. The molecule has 2 saturated heterocycles. The molecule has 5 nitrogen and oxygen atoms in total. The number of hydrogen-bond donors (Lipinski definition) is 2. The zero-order valence-corrected chi connectivity index (χ0v) is 15.7. The van der Waals surface area contributed by atoms with Crippen molar-refractivity contribution in [2.75, 3.05) is 13.1 Å². The first-order valence-electron chi connectivity index (χ1n) is 9.72. The minimum Gasteiger partial charge on any atom is -0.350 e. The predicted molar refractivity (Wildman–Crippen MR) is 106 cm³/mol. The molecule has 3 atom stereocenters. The fourth-order valence-corrected chi connectivity index (χ4v) is 4.71. The summed E-state index contributed by atoms with van der Waals surface area (Å²) in [6, 6.07) is 14.9. The van der Waals surface area contributed by atoms with E-state index in [0.29, 0.717) is 18.7 Å². The molecule has 3 unspecified atom stereocenters. The highest BCUT2D eigenvalue weighted by atomic mass is 19.1. The molecule has 28 heavy (non-hydrogen) atoms. The molecule has 3 aromatic rings. The van der Waals surface area contributed by atoms with Gasteiger partial charge in [0, 0.05) is 54.8 Å². The lowest BCUT2D eigenvalue weighted by molar-refractivity contribution is 0.0653. The Morgan fingerprint density at radius 1 is 1.11 bits per heavy atom. The molecule has 0 spiro atoms. The fourth-order valence-electron chi connectivity index (χ4n) is 4.71. The monoisotopic (exact) mass is 378 g/mol. The average Bonchev–Trinajstić information content (AvgIpc) is 3.29. The van der Waals surface area contributed by atoms with Gasteiger partial charge in [0.25, 0.3) is 5.91 Å². The third-order valence-corrected chi connectivity index (χ3v) is 6.17. The first-order valence-corrected chi connectivity index (χ1v) is 9.72. The van der Waals surface area contributed by atoms with Crippen molar-refractivity contribution in [3.8, 4) is 0 Å². The molecule has 6 heteroatoms. The Kier molecular flexibility index (Phi) is 4.18. The normalized spacial score (nSPS) is 24.5. The number of likely N-dealkylation sites (tertiary alicyclic amines) is 1. The summed E-state index contributed by atoms with van der Waals surface area (Å²) in [5.41, 5.74) is 9.00. The number of hydrogen-bond acceptors (Lipinski definition) is 3. The molecule has 0 saturated carbocycles. The van der Waals surface area contributed by atoms with Gasteiger partial charge in [-0.15, -0.1) is 0 Å². The number of carbonyl (C=O) groups is 1. The Balaban J connectivity index is 1.43. The minimum absolute atomic E-state index is 0.0504. The van der Waals surface area contributed by atoms with Crippen LogP contribution in [-0.4, -0.2) is 34.5 Å². The minimum atomic E-state index is -0.208. The van der Waals surface area contributed by atoms with Gasteiger partial charge in [0.15, 0.2) is 0 Å². The number of piperidine rings is 1. The molecule has 5 rings (SSSR count). The van der Waals surface area contributed by atoms with E-state index >= 15 is 0 Å². The summed E-state index contributed by atoms with van der Waals surface area (Å²) < 4.78 is 16.3. The van der Waals surface area contributed by atoms with Crippen LogP contribution in [0.4, 0.5) is 4.39 Å². The van der Waals surface area contributed by atoms with Gasteiger partial charge in [-0.1, -0.05) is 36.4 Å². The van der Waals surface area contributed by atoms with Crippen LogP contribution in [0, 0.1) is 11.7 Å². The molecule has 3 heterocycles. The number of hydrazine groups is 1. The van der Waals surface area contributed by atoms with Crippen molar-refractivity contribution in [2.24, 2.45) is 13.0 Å². The van der Waals surface area contributed by atoms with Gasteiger partial charge in [0.2, 0.25) is 0 Å². The van der Waals surface area contributed by atoms with Crippen molar-refractivity contribution in [1.82, 2.24) is 20.3 Å². The lowest BCUT2D eigenvalue weighted by Crippen LogP contribution is -2.47. The van der Waals surface area contributed by atoms with Crippen molar-refractivity contribution < 1.29 is 9.18 Å². The van der Waals surface area contributed by atoms with Crippen molar-refractivity contribution in [3.05, 3.63) is 71.7 Å². The number of amides is 1. The van der Waals surface area contributed by atoms with Crippen molar-refractivity contribution in [3.63, 3.8) is 0 Å². The molecule has 0 aliphatic carbocycles. The van der Waals surface area contributed by atoms with Crippen LogP contribution in [0.25, 0.3) is 10.9 Å². The predicted octanol–water partition coefficient (Wildman–Crippen LogP) is 3.00. The van der Waals surface area contributed by atoms with Crippen molar-refractivity contribution >= 4 is 16.8 Å². The van der Waals surface area contributed by atoms with Gasteiger partial charge in [0.05, 0.1) is 11.6 Å². The summed E-state index contributed by atoms with van der Waals surface area (Å²) in [5.74, 6) is -0.0287. The van der Waals surface area contributed by atoms with Crippen LogP contribution < -0.4 is 10.9 Å². The van der Waals surface area contributed by atoms with E-state index in [1.807, 2.05) is 59.1 Å². The number of aromatic nitrogens is 1. The number of halogens is 1. The maximum absolute atomic E-state index is 14.3. The lowest BCUT2D eigenvalue weighted by Gasteiger charge is -2.36. The zero-order chi connectivity index (χ0) is 19.3. The molecule has 1 aromatic heterocycles.